The molecule has 0 saturated heterocycles. The first kappa shape index (κ1) is 15.4. The van der Waals surface area contributed by atoms with Gasteiger partial charge in [-0.15, -0.1) is 5.10 Å². The number of carbonyl (C=O) groups excluding carboxylic acids is 1. The number of alkyl halides is 3. The van der Waals surface area contributed by atoms with E-state index in [2.05, 4.69) is 15.0 Å². The standard InChI is InChI=1S/C10H15F3N4O2/c1-19-9(18)8-7(3-5-14)17(16-15-8)6-2-4-10(11,12)13/h2-6,14H2,1H3. The number of aryl methyl sites for hydroxylation is 1. The molecule has 2 N–H and O–H groups in total. The van der Waals surface area contributed by atoms with Gasteiger partial charge in [-0.2, -0.15) is 13.2 Å². The molecule has 0 fully saturated rings. The predicted octanol–water partition coefficient (Wildman–Crippen LogP) is 0.908. The summed E-state index contributed by atoms with van der Waals surface area (Å²) < 4.78 is 42.0. The van der Waals surface area contributed by atoms with Crippen LogP contribution in [-0.2, 0) is 17.7 Å². The van der Waals surface area contributed by atoms with Crippen molar-refractivity contribution in [3.8, 4) is 0 Å². The number of hydrogen-bond donors (Lipinski definition) is 1. The summed E-state index contributed by atoms with van der Waals surface area (Å²) in [5, 5.41) is 7.29. The van der Waals surface area contributed by atoms with Crippen LogP contribution in [0.25, 0.3) is 0 Å². The van der Waals surface area contributed by atoms with Crippen LogP contribution >= 0.6 is 0 Å². The number of aromatic nitrogens is 3. The maximum atomic E-state index is 12.1. The Morgan fingerprint density at radius 2 is 2.16 bits per heavy atom. The van der Waals surface area contributed by atoms with Gasteiger partial charge in [-0.25, -0.2) is 9.48 Å². The minimum atomic E-state index is -4.21. The Morgan fingerprint density at radius 3 is 2.68 bits per heavy atom. The summed E-state index contributed by atoms with van der Waals surface area (Å²) in [4.78, 5) is 11.4. The Kier molecular flexibility index (Phi) is 5.28. The number of hydrogen-bond acceptors (Lipinski definition) is 5. The molecule has 0 aliphatic heterocycles. The summed E-state index contributed by atoms with van der Waals surface area (Å²) in [5.74, 6) is -0.675. The maximum Gasteiger partial charge on any atom is 0.389 e. The third-order valence-electron chi connectivity index (χ3n) is 2.43. The van der Waals surface area contributed by atoms with E-state index in [-0.39, 0.29) is 25.2 Å². The minimum Gasteiger partial charge on any atom is -0.464 e. The van der Waals surface area contributed by atoms with Gasteiger partial charge in [0.1, 0.15) is 0 Å². The van der Waals surface area contributed by atoms with Crippen LogP contribution in [0.1, 0.15) is 29.0 Å². The van der Waals surface area contributed by atoms with E-state index in [0.29, 0.717) is 12.1 Å². The predicted molar refractivity (Wildman–Crippen MR) is 59.4 cm³/mol. The third kappa shape index (κ3) is 4.51. The van der Waals surface area contributed by atoms with Crippen LogP contribution in [0.4, 0.5) is 13.2 Å². The molecule has 108 valence electrons. The lowest BCUT2D eigenvalue weighted by atomic mass is 10.2. The number of methoxy groups -OCH3 is 1. The van der Waals surface area contributed by atoms with Crippen molar-refractivity contribution in [2.45, 2.75) is 32.0 Å². The van der Waals surface area contributed by atoms with Gasteiger partial charge in [-0.05, 0) is 13.0 Å². The monoisotopic (exact) mass is 280 g/mol. The lowest BCUT2D eigenvalue weighted by Crippen LogP contribution is -2.15. The summed E-state index contributed by atoms with van der Waals surface area (Å²) in [7, 11) is 1.19. The van der Waals surface area contributed by atoms with Gasteiger partial charge >= 0.3 is 12.1 Å². The molecule has 19 heavy (non-hydrogen) atoms. The van der Waals surface area contributed by atoms with Gasteiger partial charge in [0.05, 0.1) is 12.8 Å². The average molecular weight is 280 g/mol. The second kappa shape index (κ2) is 6.50. The van der Waals surface area contributed by atoms with E-state index in [4.69, 9.17) is 5.73 Å². The van der Waals surface area contributed by atoms with Crippen molar-refractivity contribution < 1.29 is 22.7 Å². The van der Waals surface area contributed by atoms with Crippen molar-refractivity contribution >= 4 is 5.97 Å². The van der Waals surface area contributed by atoms with E-state index in [1.54, 1.807) is 0 Å². The fraction of sp³-hybridized carbons (Fsp3) is 0.700. The van der Waals surface area contributed by atoms with Crippen LogP contribution in [0, 0.1) is 0 Å². The molecule has 0 unspecified atom stereocenters. The van der Waals surface area contributed by atoms with Gasteiger partial charge in [0.25, 0.3) is 0 Å². The molecule has 9 heteroatoms. The molecule has 0 bridgehead atoms. The Morgan fingerprint density at radius 1 is 1.47 bits per heavy atom. The van der Waals surface area contributed by atoms with Crippen molar-refractivity contribution in [3.63, 3.8) is 0 Å². The van der Waals surface area contributed by atoms with E-state index in [1.165, 1.54) is 11.8 Å². The highest BCUT2D eigenvalue weighted by Gasteiger charge is 2.27. The summed E-state index contributed by atoms with van der Waals surface area (Å²) in [6.45, 7) is 0.259. The third-order valence-corrected chi connectivity index (χ3v) is 2.43. The second-order valence-corrected chi connectivity index (χ2v) is 3.86. The molecule has 1 aromatic heterocycles. The maximum absolute atomic E-state index is 12.1. The van der Waals surface area contributed by atoms with Crippen LogP contribution in [0.15, 0.2) is 0 Å². The van der Waals surface area contributed by atoms with Crippen LogP contribution in [0.3, 0.4) is 0 Å². The molecule has 0 aliphatic rings. The van der Waals surface area contributed by atoms with Gasteiger partial charge in [0.2, 0.25) is 0 Å². The van der Waals surface area contributed by atoms with E-state index in [9.17, 15) is 18.0 Å². The molecule has 0 amide bonds. The van der Waals surface area contributed by atoms with Gasteiger partial charge in [0, 0.05) is 19.4 Å². The number of halogens is 3. The van der Waals surface area contributed by atoms with Crippen molar-refractivity contribution in [1.82, 2.24) is 15.0 Å². The van der Waals surface area contributed by atoms with E-state index in [0.717, 1.165) is 0 Å². The molecule has 6 nitrogen and oxygen atoms in total. The van der Waals surface area contributed by atoms with E-state index >= 15 is 0 Å². The van der Waals surface area contributed by atoms with Crippen LogP contribution in [0.5, 0.6) is 0 Å². The fourth-order valence-electron chi connectivity index (χ4n) is 1.58. The highest BCUT2D eigenvalue weighted by Crippen LogP contribution is 2.22. The average Bonchev–Trinajstić information content (AvgIpc) is 2.71. The second-order valence-electron chi connectivity index (χ2n) is 3.86. The van der Waals surface area contributed by atoms with Crippen molar-refractivity contribution in [3.05, 3.63) is 11.4 Å². The Bertz CT molecular complexity index is 431. The van der Waals surface area contributed by atoms with E-state index < -0.39 is 18.6 Å². The van der Waals surface area contributed by atoms with Crippen molar-refractivity contribution in [2.24, 2.45) is 5.73 Å². The molecule has 0 radical (unpaired) electrons. The van der Waals surface area contributed by atoms with Gasteiger partial charge < -0.3 is 10.5 Å². The molecule has 1 heterocycles. The number of carbonyl (C=O) groups is 1. The molecule has 0 atom stereocenters. The highest BCUT2D eigenvalue weighted by molar-refractivity contribution is 5.88. The lowest BCUT2D eigenvalue weighted by Gasteiger charge is -2.08. The number of nitrogens with zero attached hydrogens (tertiary/aromatic N) is 3. The van der Waals surface area contributed by atoms with Crippen LogP contribution < -0.4 is 5.73 Å². The molecule has 0 aromatic carbocycles. The van der Waals surface area contributed by atoms with Crippen molar-refractivity contribution in [1.29, 1.82) is 0 Å². The quantitative estimate of drug-likeness (QED) is 0.783. The molecule has 0 aliphatic carbocycles. The summed E-state index contributed by atoms with van der Waals surface area (Å²) in [6, 6.07) is 0. The number of nitrogens with two attached hydrogens (primary N) is 1. The normalized spacial score (nSPS) is 11.6. The fourth-order valence-corrected chi connectivity index (χ4v) is 1.58. The Balaban J connectivity index is 2.77. The highest BCUT2D eigenvalue weighted by atomic mass is 19.4. The lowest BCUT2D eigenvalue weighted by molar-refractivity contribution is -0.136. The van der Waals surface area contributed by atoms with Gasteiger partial charge in [-0.1, -0.05) is 5.21 Å². The number of rotatable bonds is 6. The molecule has 1 aromatic rings. The largest absolute Gasteiger partial charge is 0.464 e. The molecule has 1 rings (SSSR count). The zero-order valence-corrected chi connectivity index (χ0v) is 10.4. The van der Waals surface area contributed by atoms with Gasteiger partial charge in [-0.3, -0.25) is 0 Å². The Hall–Kier alpha value is -1.64. The van der Waals surface area contributed by atoms with E-state index in [1.807, 2.05) is 0 Å². The smallest absolute Gasteiger partial charge is 0.389 e. The Labute approximate surface area is 107 Å². The number of esters is 1. The summed E-state index contributed by atoms with van der Waals surface area (Å²) >= 11 is 0. The molecular formula is C10H15F3N4O2. The SMILES string of the molecule is COC(=O)c1nnn(CCCC(F)(F)F)c1CCN. The zero-order valence-electron chi connectivity index (χ0n) is 10.4. The molecular weight excluding hydrogens is 265 g/mol. The van der Waals surface area contributed by atoms with Crippen molar-refractivity contribution in [2.75, 3.05) is 13.7 Å². The van der Waals surface area contributed by atoms with Crippen LogP contribution in [-0.4, -0.2) is 40.8 Å². The topological polar surface area (TPSA) is 83.0 Å². The number of ether oxygens (including phenoxy) is 1. The minimum absolute atomic E-state index is 0.0000383. The van der Waals surface area contributed by atoms with Crippen LogP contribution in [0.2, 0.25) is 0 Å². The summed E-state index contributed by atoms with van der Waals surface area (Å²) in [6.07, 6.45) is -4.96. The first-order chi connectivity index (χ1) is 8.89. The zero-order chi connectivity index (χ0) is 14.5. The molecule has 0 saturated carbocycles. The molecule has 0 spiro atoms. The first-order valence-corrected chi connectivity index (χ1v) is 5.66. The van der Waals surface area contributed by atoms with Gasteiger partial charge in [0.15, 0.2) is 5.69 Å². The summed E-state index contributed by atoms with van der Waals surface area (Å²) in [5.41, 5.74) is 5.80. The first-order valence-electron chi connectivity index (χ1n) is 5.66.